The highest BCUT2D eigenvalue weighted by Gasteiger charge is 2.33. The Balaban J connectivity index is 2.16. The fourth-order valence-electron chi connectivity index (χ4n) is 2.24. The predicted octanol–water partition coefficient (Wildman–Crippen LogP) is 1.97. The molecule has 1 aromatic rings. The summed E-state index contributed by atoms with van der Waals surface area (Å²) in [6.07, 6.45) is 1.55. The van der Waals surface area contributed by atoms with Crippen molar-refractivity contribution in [1.82, 2.24) is 10.2 Å². The Morgan fingerprint density at radius 3 is 2.63 bits per heavy atom. The number of halogens is 1. The third kappa shape index (κ3) is 3.26. The quantitative estimate of drug-likeness (QED) is 0.917. The molecule has 5 heteroatoms. The zero-order valence-electron chi connectivity index (χ0n) is 10.9. The van der Waals surface area contributed by atoms with Crippen molar-refractivity contribution in [3.05, 3.63) is 34.9 Å². The molecule has 2 amide bonds. The van der Waals surface area contributed by atoms with Gasteiger partial charge in [-0.3, -0.25) is 9.59 Å². The lowest BCUT2D eigenvalue weighted by Crippen LogP contribution is -2.57. The Morgan fingerprint density at radius 2 is 2.00 bits per heavy atom. The minimum atomic E-state index is -0.359. The first kappa shape index (κ1) is 13.9. The van der Waals surface area contributed by atoms with Gasteiger partial charge in [0.05, 0.1) is 6.54 Å². The van der Waals surface area contributed by atoms with Gasteiger partial charge in [-0.1, -0.05) is 37.1 Å². The van der Waals surface area contributed by atoms with Crippen LogP contribution in [-0.2, 0) is 16.1 Å². The first-order valence-corrected chi connectivity index (χ1v) is 6.81. The van der Waals surface area contributed by atoms with Crippen LogP contribution in [0.2, 0.25) is 5.02 Å². The maximum atomic E-state index is 12.0. The number of amides is 2. The van der Waals surface area contributed by atoms with Crippen LogP contribution in [0.15, 0.2) is 24.3 Å². The van der Waals surface area contributed by atoms with E-state index in [2.05, 4.69) is 5.32 Å². The SMILES string of the molecule is CCCC1C(=O)NCC(=O)N1Cc1ccc(Cl)cc1. The van der Waals surface area contributed by atoms with Crippen LogP contribution in [0, 0.1) is 0 Å². The normalized spacial score (nSPS) is 19.5. The molecule has 1 fully saturated rings. The highest BCUT2D eigenvalue weighted by molar-refractivity contribution is 6.30. The fraction of sp³-hybridized carbons (Fsp3) is 0.429. The van der Waals surface area contributed by atoms with E-state index in [9.17, 15) is 9.59 Å². The summed E-state index contributed by atoms with van der Waals surface area (Å²) < 4.78 is 0. The van der Waals surface area contributed by atoms with Crippen molar-refractivity contribution in [2.45, 2.75) is 32.4 Å². The molecule has 1 saturated heterocycles. The lowest BCUT2D eigenvalue weighted by Gasteiger charge is -2.35. The number of carbonyl (C=O) groups is 2. The van der Waals surface area contributed by atoms with Crippen molar-refractivity contribution >= 4 is 23.4 Å². The molecule has 0 aromatic heterocycles. The van der Waals surface area contributed by atoms with E-state index in [1.54, 1.807) is 17.0 Å². The van der Waals surface area contributed by atoms with Gasteiger partial charge in [-0.15, -0.1) is 0 Å². The third-order valence-corrected chi connectivity index (χ3v) is 3.49. The molecular weight excluding hydrogens is 264 g/mol. The van der Waals surface area contributed by atoms with Gasteiger partial charge in [0.1, 0.15) is 6.04 Å². The Labute approximate surface area is 117 Å². The van der Waals surface area contributed by atoms with Crippen molar-refractivity contribution in [3.8, 4) is 0 Å². The molecule has 0 aliphatic carbocycles. The zero-order chi connectivity index (χ0) is 13.8. The molecule has 1 aliphatic heterocycles. The number of carbonyl (C=O) groups excluding carboxylic acids is 2. The van der Waals surface area contributed by atoms with Crippen LogP contribution in [-0.4, -0.2) is 29.3 Å². The Morgan fingerprint density at radius 1 is 1.32 bits per heavy atom. The van der Waals surface area contributed by atoms with E-state index in [0.29, 0.717) is 18.0 Å². The molecule has 19 heavy (non-hydrogen) atoms. The second-order valence-electron chi connectivity index (χ2n) is 4.67. The molecule has 1 N–H and O–H groups in total. The topological polar surface area (TPSA) is 49.4 Å². The largest absolute Gasteiger partial charge is 0.345 e. The third-order valence-electron chi connectivity index (χ3n) is 3.24. The summed E-state index contributed by atoms with van der Waals surface area (Å²) >= 11 is 5.84. The van der Waals surface area contributed by atoms with Crippen LogP contribution in [0.3, 0.4) is 0 Å². The monoisotopic (exact) mass is 280 g/mol. The smallest absolute Gasteiger partial charge is 0.243 e. The van der Waals surface area contributed by atoms with Gasteiger partial charge in [-0.05, 0) is 24.1 Å². The summed E-state index contributed by atoms with van der Waals surface area (Å²) in [5.41, 5.74) is 0.980. The zero-order valence-corrected chi connectivity index (χ0v) is 11.6. The highest BCUT2D eigenvalue weighted by atomic mass is 35.5. The van der Waals surface area contributed by atoms with E-state index in [-0.39, 0.29) is 24.4 Å². The number of rotatable bonds is 4. The van der Waals surface area contributed by atoms with Crippen molar-refractivity contribution in [1.29, 1.82) is 0 Å². The van der Waals surface area contributed by atoms with Gasteiger partial charge in [0.25, 0.3) is 0 Å². The molecule has 0 bridgehead atoms. The Hall–Kier alpha value is -1.55. The summed E-state index contributed by atoms with van der Waals surface area (Å²) in [5, 5.41) is 3.30. The number of benzene rings is 1. The van der Waals surface area contributed by atoms with Crippen molar-refractivity contribution in [2.24, 2.45) is 0 Å². The number of piperazine rings is 1. The minimum absolute atomic E-state index is 0.0343. The minimum Gasteiger partial charge on any atom is -0.345 e. The second kappa shape index (κ2) is 6.06. The highest BCUT2D eigenvalue weighted by Crippen LogP contribution is 2.17. The second-order valence-corrected chi connectivity index (χ2v) is 5.11. The average molecular weight is 281 g/mol. The van der Waals surface area contributed by atoms with Crippen LogP contribution in [0.1, 0.15) is 25.3 Å². The summed E-state index contributed by atoms with van der Waals surface area (Å²) in [4.78, 5) is 25.5. The maximum Gasteiger partial charge on any atom is 0.243 e. The number of nitrogens with zero attached hydrogens (tertiary/aromatic N) is 1. The van der Waals surface area contributed by atoms with Crippen LogP contribution in [0.4, 0.5) is 0 Å². The van der Waals surface area contributed by atoms with Crippen molar-refractivity contribution in [2.75, 3.05) is 6.54 Å². The van der Waals surface area contributed by atoms with Crippen LogP contribution in [0.5, 0.6) is 0 Å². The van der Waals surface area contributed by atoms with Gasteiger partial charge in [-0.25, -0.2) is 0 Å². The Kier molecular flexibility index (Phi) is 4.43. The van der Waals surface area contributed by atoms with Gasteiger partial charge in [0.15, 0.2) is 0 Å². The maximum absolute atomic E-state index is 12.0. The van der Waals surface area contributed by atoms with Crippen LogP contribution < -0.4 is 5.32 Å². The molecule has 1 unspecified atom stereocenters. The molecule has 1 aliphatic rings. The number of hydrogen-bond donors (Lipinski definition) is 1. The summed E-state index contributed by atoms with van der Waals surface area (Å²) in [6.45, 7) is 2.55. The van der Waals surface area contributed by atoms with E-state index in [1.807, 2.05) is 19.1 Å². The van der Waals surface area contributed by atoms with Gasteiger partial charge < -0.3 is 10.2 Å². The van der Waals surface area contributed by atoms with Crippen LogP contribution >= 0.6 is 11.6 Å². The van der Waals surface area contributed by atoms with E-state index in [0.717, 1.165) is 12.0 Å². The molecule has 4 nitrogen and oxygen atoms in total. The van der Waals surface area contributed by atoms with Gasteiger partial charge in [0, 0.05) is 11.6 Å². The van der Waals surface area contributed by atoms with Gasteiger partial charge >= 0.3 is 0 Å². The van der Waals surface area contributed by atoms with E-state index < -0.39 is 0 Å². The average Bonchev–Trinajstić information content (AvgIpc) is 2.40. The summed E-state index contributed by atoms with van der Waals surface area (Å²) in [7, 11) is 0. The van der Waals surface area contributed by atoms with E-state index in [1.165, 1.54) is 0 Å². The summed E-state index contributed by atoms with van der Waals surface area (Å²) in [6, 6.07) is 6.98. The molecule has 1 heterocycles. The lowest BCUT2D eigenvalue weighted by atomic mass is 10.1. The molecule has 102 valence electrons. The first-order chi connectivity index (χ1) is 9.11. The first-order valence-electron chi connectivity index (χ1n) is 6.43. The van der Waals surface area contributed by atoms with Gasteiger partial charge in [-0.2, -0.15) is 0 Å². The predicted molar refractivity (Wildman–Crippen MR) is 73.7 cm³/mol. The molecule has 0 radical (unpaired) electrons. The molecule has 0 saturated carbocycles. The fourth-order valence-corrected chi connectivity index (χ4v) is 2.37. The summed E-state index contributed by atoms with van der Waals surface area (Å²) in [5.74, 6) is -0.0941. The van der Waals surface area contributed by atoms with Gasteiger partial charge in [0.2, 0.25) is 11.8 Å². The molecule has 1 atom stereocenters. The van der Waals surface area contributed by atoms with E-state index in [4.69, 9.17) is 11.6 Å². The standard InChI is InChI=1S/C14H17ClN2O2/c1-2-3-12-14(19)16-8-13(18)17(12)9-10-4-6-11(15)7-5-10/h4-7,12H,2-3,8-9H2,1H3,(H,16,19). The van der Waals surface area contributed by atoms with Crippen LogP contribution in [0.25, 0.3) is 0 Å². The Bertz CT molecular complexity index is 473. The van der Waals surface area contributed by atoms with Crippen molar-refractivity contribution in [3.63, 3.8) is 0 Å². The number of nitrogens with one attached hydrogen (secondary N) is 1. The van der Waals surface area contributed by atoms with Crippen molar-refractivity contribution < 1.29 is 9.59 Å². The molecule has 2 rings (SSSR count). The molecule has 0 spiro atoms. The number of hydrogen-bond acceptors (Lipinski definition) is 2. The van der Waals surface area contributed by atoms with E-state index >= 15 is 0 Å². The molecular formula is C14H17ClN2O2. The lowest BCUT2D eigenvalue weighted by molar-refractivity contribution is -0.146. The molecule has 1 aromatic carbocycles.